The van der Waals surface area contributed by atoms with Gasteiger partial charge in [-0.3, -0.25) is 24.0 Å². The van der Waals surface area contributed by atoms with Gasteiger partial charge in [0.05, 0.1) is 6.04 Å². The summed E-state index contributed by atoms with van der Waals surface area (Å²) in [4.78, 5) is 59.0. The van der Waals surface area contributed by atoms with E-state index in [0.717, 1.165) is 0 Å². The van der Waals surface area contributed by atoms with Crippen molar-refractivity contribution in [3.8, 4) is 0 Å². The maximum Gasteiger partial charge on any atom is 0.325 e. The fourth-order valence-electron chi connectivity index (χ4n) is 1.99. The molecule has 0 spiro atoms. The summed E-state index contributed by atoms with van der Waals surface area (Å²) >= 11 is 0. The van der Waals surface area contributed by atoms with Crippen molar-refractivity contribution in [3.05, 3.63) is 0 Å². The number of amides is 4. The molecule has 28 heavy (non-hydrogen) atoms. The minimum Gasteiger partial charge on any atom is -0.480 e. The molecule has 0 aromatic rings. The van der Waals surface area contributed by atoms with Crippen molar-refractivity contribution in [1.29, 1.82) is 0 Å². The van der Waals surface area contributed by atoms with E-state index < -0.39 is 59.8 Å². The van der Waals surface area contributed by atoms with E-state index in [1.54, 1.807) is 13.8 Å². The van der Waals surface area contributed by atoms with Gasteiger partial charge in [-0.05, 0) is 33.6 Å². The molecule has 0 aliphatic rings. The lowest BCUT2D eigenvalue weighted by Gasteiger charge is -2.25. The summed E-state index contributed by atoms with van der Waals surface area (Å²) in [5, 5.41) is 18.4. The Hall–Kier alpha value is -2.69. The predicted molar refractivity (Wildman–Crippen MR) is 101 cm³/mol. The van der Waals surface area contributed by atoms with Crippen LogP contribution in [-0.4, -0.2) is 64.9 Å². The fourth-order valence-corrected chi connectivity index (χ4v) is 1.99. The average molecular weight is 401 g/mol. The summed E-state index contributed by atoms with van der Waals surface area (Å²) in [6.07, 6.45) is 0. The molecule has 0 saturated carbocycles. The molecule has 0 saturated heterocycles. The lowest BCUT2D eigenvalue weighted by Crippen LogP contribution is -2.58. The van der Waals surface area contributed by atoms with Gasteiger partial charge in [-0.2, -0.15) is 0 Å². The second-order valence-electron chi connectivity index (χ2n) is 7.05. The van der Waals surface area contributed by atoms with Crippen LogP contribution in [0.5, 0.6) is 0 Å². The van der Waals surface area contributed by atoms with Gasteiger partial charge in [0.25, 0.3) is 0 Å². The minimum absolute atomic E-state index is 0.250. The van der Waals surface area contributed by atoms with Crippen LogP contribution in [-0.2, 0) is 24.0 Å². The third kappa shape index (κ3) is 8.33. The number of nitrogens with one attached hydrogen (secondary N) is 4. The lowest BCUT2D eigenvalue weighted by atomic mass is 10.0. The largest absolute Gasteiger partial charge is 0.480 e. The molecular formula is C17H31N5O6. The highest BCUT2D eigenvalue weighted by molar-refractivity contribution is 5.95. The maximum atomic E-state index is 12.4. The number of carboxylic acid groups (broad SMARTS) is 1. The van der Waals surface area contributed by atoms with Gasteiger partial charge in [-0.1, -0.05) is 13.8 Å². The average Bonchev–Trinajstić information content (AvgIpc) is 2.58. The molecule has 7 N–H and O–H groups in total. The Kier molecular flexibility index (Phi) is 10.1. The zero-order valence-corrected chi connectivity index (χ0v) is 17.0. The number of nitrogens with two attached hydrogens (primary N) is 1. The first-order chi connectivity index (χ1) is 12.8. The molecule has 0 aromatic carbocycles. The second-order valence-corrected chi connectivity index (χ2v) is 7.05. The standard InChI is InChI=1S/C17H31N5O6/c1-7(2)12(22-13(23)8(3)18)16(26)20-10(5)14(24)19-9(4)15(25)21-11(6)17(27)28/h7-12H,18H2,1-6H3,(H,19,24)(H,20,26)(H,21,25)(H,22,23)(H,27,28)/t8-,9-,10-,11-,12-/m0/s1. The molecule has 160 valence electrons. The molecule has 11 heteroatoms. The molecule has 0 aromatic heterocycles. The molecular weight excluding hydrogens is 370 g/mol. The quantitative estimate of drug-likeness (QED) is 0.247. The monoisotopic (exact) mass is 401 g/mol. The van der Waals surface area contributed by atoms with Crippen LogP contribution < -0.4 is 27.0 Å². The van der Waals surface area contributed by atoms with Crippen LogP contribution in [0.15, 0.2) is 0 Å². The molecule has 0 unspecified atom stereocenters. The molecule has 0 aliphatic heterocycles. The molecule has 0 fully saturated rings. The summed E-state index contributed by atoms with van der Waals surface area (Å²) in [5.74, 6) is -3.83. The lowest BCUT2D eigenvalue weighted by molar-refractivity contribution is -0.141. The number of rotatable bonds is 10. The van der Waals surface area contributed by atoms with E-state index in [1.165, 1.54) is 27.7 Å². The molecule has 5 atom stereocenters. The van der Waals surface area contributed by atoms with Gasteiger partial charge >= 0.3 is 5.97 Å². The summed E-state index contributed by atoms with van der Waals surface area (Å²) < 4.78 is 0. The zero-order valence-electron chi connectivity index (χ0n) is 17.0. The van der Waals surface area contributed by atoms with Crippen LogP contribution >= 0.6 is 0 Å². The smallest absolute Gasteiger partial charge is 0.325 e. The van der Waals surface area contributed by atoms with Crippen LogP contribution in [0.2, 0.25) is 0 Å². The molecule has 4 amide bonds. The van der Waals surface area contributed by atoms with E-state index in [1.807, 2.05) is 0 Å². The van der Waals surface area contributed by atoms with Crippen LogP contribution in [0.1, 0.15) is 41.5 Å². The Labute approximate surface area is 164 Å². The van der Waals surface area contributed by atoms with Gasteiger partial charge < -0.3 is 32.1 Å². The number of carbonyl (C=O) groups excluding carboxylic acids is 4. The SMILES string of the molecule is CC(C)[C@H](NC(=O)[C@H](C)N)C(=O)N[C@@H](C)C(=O)N[C@@H](C)C(=O)N[C@@H](C)C(=O)O. The zero-order chi connectivity index (χ0) is 22.2. The summed E-state index contributed by atoms with van der Waals surface area (Å²) in [7, 11) is 0. The van der Waals surface area contributed by atoms with Crippen molar-refractivity contribution < 1.29 is 29.1 Å². The van der Waals surface area contributed by atoms with Gasteiger partial charge in [0.2, 0.25) is 23.6 Å². The Morgan fingerprint density at radius 2 is 1.04 bits per heavy atom. The number of hydrogen-bond acceptors (Lipinski definition) is 6. The van der Waals surface area contributed by atoms with Crippen molar-refractivity contribution in [2.45, 2.75) is 71.8 Å². The van der Waals surface area contributed by atoms with Crippen LogP contribution in [0, 0.1) is 5.92 Å². The molecule has 0 aliphatic carbocycles. The van der Waals surface area contributed by atoms with Gasteiger partial charge in [-0.25, -0.2) is 0 Å². The Balaban J connectivity index is 4.81. The fraction of sp³-hybridized carbons (Fsp3) is 0.706. The summed E-state index contributed by atoms with van der Waals surface area (Å²) in [5.41, 5.74) is 5.49. The number of hydrogen-bond donors (Lipinski definition) is 6. The van der Waals surface area contributed by atoms with E-state index in [4.69, 9.17) is 10.8 Å². The summed E-state index contributed by atoms with van der Waals surface area (Å²) in [6.45, 7) is 9.04. The first-order valence-corrected chi connectivity index (χ1v) is 8.97. The highest BCUT2D eigenvalue weighted by Gasteiger charge is 2.29. The van der Waals surface area contributed by atoms with E-state index in [0.29, 0.717) is 0 Å². The van der Waals surface area contributed by atoms with Gasteiger partial charge in [0.15, 0.2) is 0 Å². The second kappa shape index (κ2) is 11.2. The topological polar surface area (TPSA) is 180 Å². The van der Waals surface area contributed by atoms with Crippen molar-refractivity contribution in [3.63, 3.8) is 0 Å². The van der Waals surface area contributed by atoms with Gasteiger partial charge in [-0.15, -0.1) is 0 Å². The highest BCUT2D eigenvalue weighted by Crippen LogP contribution is 2.03. The van der Waals surface area contributed by atoms with E-state index in [9.17, 15) is 24.0 Å². The number of carbonyl (C=O) groups is 5. The van der Waals surface area contributed by atoms with Gasteiger partial charge in [0.1, 0.15) is 24.2 Å². The summed E-state index contributed by atoms with van der Waals surface area (Å²) in [6, 6.07) is -4.78. The predicted octanol–water partition coefficient (Wildman–Crippen LogP) is -1.93. The van der Waals surface area contributed by atoms with E-state index in [2.05, 4.69) is 21.3 Å². The Morgan fingerprint density at radius 3 is 1.39 bits per heavy atom. The molecule has 11 nitrogen and oxygen atoms in total. The van der Waals surface area contributed by atoms with Crippen molar-refractivity contribution >= 4 is 29.6 Å². The number of carboxylic acids is 1. The van der Waals surface area contributed by atoms with Crippen molar-refractivity contribution in [1.82, 2.24) is 21.3 Å². The highest BCUT2D eigenvalue weighted by atomic mass is 16.4. The van der Waals surface area contributed by atoms with Gasteiger partial charge in [0, 0.05) is 0 Å². The van der Waals surface area contributed by atoms with Crippen molar-refractivity contribution in [2.24, 2.45) is 11.7 Å². The maximum absolute atomic E-state index is 12.4. The van der Waals surface area contributed by atoms with Crippen LogP contribution in [0.4, 0.5) is 0 Å². The molecule has 0 heterocycles. The number of aliphatic carboxylic acids is 1. The third-order valence-corrected chi connectivity index (χ3v) is 3.89. The van der Waals surface area contributed by atoms with E-state index in [-0.39, 0.29) is 5.92 Å². The van der Waals surface area contributed by atoms with E-state index >= 15 is 0 Å². The third-order valence-electron chi connectivity index (χ3n) is 3.89. The molecule has 0 bridgehead atoms. The Bertz CT molecular complexity index is 607. The molecule has 0 radical (unpaired) electrons. The van der Waals surface area contributed by atoms with Crippen molar-refractivity contribution in [2.75, 3.05) is 0 Å². The first-order valence-electron chi connectivity index (χ1n) is 8.97. The minimum atomic E-state index is -1.21. The Morgan fingerprint density at radius 1 is 0.643 bits per heavy atom. The van der Waals surface area contributed by atoms with Crippen LogP contribution in [0.25, 0.3) is 0 Å². The first kappa shape index (κ1) is 25.3. The normalized spacial score (nSPS) is 16.1. The van der Waals surface area contributed by atoms with Crippen LogP contribution in [0.3, 0.4) is 0 Å². The molecule has 0 rings (SSSR count).